The molecular weight excluding hydrogens is 284 g/mol. The first-order valence-electron chi connectivity index (χ1n) is 7.42. The minimum absolute atomic E-state index is 0.134. The third-order valence-electron chi connectivity index (χ3n) is 3.96. The summed E-state index contributed by atoms with van der Waals surface area (Å²) in [4.78, 5) is 29.5. The molecule has 1 aliphatic rings. The standard InChI is InChI=1S/C15H20N4O3/c1-18-10-12(11-2-3-16-13(11)15(18)21)14(20)17-4-5-19-6-8-22-9-7-19/h2-3,10,16H,4-9H2,1H3,(H,17,20). The summed E-state index contributed by atoms with van der Waals surface area (Å²) < 4.78 is 6.72. The van der Waals surface area contributed by atoms with Crippen LogP contribution in [0.3, 0.4) is 0 Å². The number of aryl methyl sites for hydroxylation is 1. The first-order chi connectivity index (χ1) is 10.7. The lowest BCUT2D eigenvalue weighted by Gasteiger charge is -2.26. The number of pyridine rings is 1. The lowest BCUT2D eigenvalue weighted by molar-refractivity contribution is 0.0383. The molecule has 0 aliphatic carbocycles. The Hall–Kier alpha value is -2.12. The molecule has 7 heteroatoms. The topological polar surface area (TPSA) is 79.4 Å². The quantitative estimate of drug-likeness (QED) is 0.829. The zero-order valence-corrected chi connectivity index (χ0v) is 12.6. The maximum absolute atomic E-state index is 12.4. The number of H-pyrrole nitrogens is 1. The fraction of sp³-hybridized carbons (Fsp3) is 0.467. The van der Waals surface area contributed by atoms with E-state index in [9.17, 15) is 9.59 Å². The van der Waals surface area contributed by atoms with Gasteiger partial charge in [-0.2, -0.15) is 0 Å². The van der Waals surface area contributed by atoms with Gasteiger partial charge in [0.1, 0.15) is 5.52 Å². The van der Waals surface area contributed by atoms with Gasteiger partial charge in [0.05, 0.1) is 18.8 Å². The summed E-state index contributed by atoms with van der Waals surface area (Å²) in [6.07, 6.45) is 3.26. The Morgan fingerprint density at radius 1 is 1.41 bits per heavy atom. The second-order valence-electron chi connectivity index (χ2n) is 5.44. The summed E-state index contributed by atoms with van der Waals surface area (Å²) in [5, 5.41) is 3.58. The van der Waals surface area contributed by atoms with Crippen molar-refractivity contribution < 1.29 is 9.53 Å². The number of aromatic amines is 1. The number of nitrogens with one attached hydrogen (secondary N) is 2. The van der Waals surface area contributed by atoms with Crippen molar-refractivity contribution in [1.82, 2.24) is 19.8 Å². The van der Waals surface area contributed by atoms with Crippen LogP contribution in [0.1, 0.15) is 10.4 Å². The number of carbonyl (C=O) groups excluding carboxylic acids is 1. The Labute approximate surface area is 127 Å². The van der Waals surface area contributed by atoms with Gasteiger partial charge < -0.3 is 19.6 Å². The number of rotatable bonds is 4. The molecular formula is C15H20N4O3. The molecule has 22 heavy (non-hydrogen) atoms. The number of amides is 1. The first kappa shape index (κ1) is 14.8. The van der Waals surface area contributed by atoms with Crippen LogP contribution in [0.2, 0.25) is 0 Å². The number of morpholine rings is 1. The molecule has 2 N–H and O–H groups in total. The number of fused-ring (bicyclic) bond motifs is 1. The smallest absolute Gasteiger partial charge is 0.274 e. The normalized spacial score (nSPS) is 16.0. The largest absolute Gasteiger partial charge is 0.379 e. The van der Waals surface area contributed by atoms with E-state index in [1.54, 1.807) is 25.5 Å². The van der Waals surface area contributed by atoms with E-state index >= 15 is 0 Å². The van der Waals surface area contributed by atoms with Gasteiger partial charge >= 0.3 is 0 Å². The molecule has 118 valence electrons. The zero-order chi connectivity index (χ0) is 15.5. The maximum Gasteiger partial charge on any atom is 0.274 e. The van der Waals surface area contributed by atoms with Gasteiger partial charge in [-0.3, -0.25) is 14.5 Å². The van der Waals surface area contributed by atoms with Crippen LogP contribution in [0.5, 0.6) is 0 Å². The molecule has 3 heterocycles. The summed E-state index contributed by atoms with van der Waals surface area (Å²) in [5.41, 5.74) is 0.841. The molecule has 0 unspecified atom stereocenters. The second kappa shape index (κ2) is 6.33. The molecule has 0 saturated carbocycles. The van der Waals surface area contributed by atoms with Crippen LogP contribution >= 0.6 is 0 Å². The fourth-order valence-electron chi connectivity index (χ4n) is 2.70. The van der Waals surface area contributed by atoms with Crippen LogP contribution in [-0.4, -0.2) is 59.8 Å². The average molecular weight is 304 g/mol. The van der Waals surface area contributed by atoms with E-state index in [1.165, 1.54) is 4.57 Å². The van der Waals surface area contributed by atoms with E-state index in [2.05, 4.69) is 15.2 Å². The second-order valence-corrected chi connectivity index (χ2v) is 5.44. The molecule has 1 saturated heterocycles. The van der Waals surface area contributed by atoms with Crippen LogP contribution in [0, 0.1) is 0 Å². The molecule has 1 aliphatic heterocycles. The van der Waals surface area contributed by atoms with Crippen molar-refractivity contribution in [3.05, 3.63) is 34.4 Å². The number of ether oxygens (including phenoxy) is 1. The van der Waals surface area contributed by atoms with Crippen molar-refractivity contribution in [3.8, 4) is 0 Å². The maximum atomic E-state index is 12.4. The summed E-state index contributed by atoms with van der Waals surface area (Å²) in [7, 11) is 1.65. The number of hydrogen-bond donors (Lipinski definition) is 2. The highest BCUT2D eigenvalue weighted by atomic mass is 16.5. The number of aromatic nitrogens is 2. The molecule has 7 nitrogen and oxygen atoms in total. The number of hydrogen-bond acceptors (Lipinski definition) is 4. The SMILES string of the molecule is Cn1cc(C(=O)NCCN2CCOCC2)c2cc[nH]c2c1=O. The third kappa shape index (κ3) is 2.90. The molecule has 0 radical (unpaired) electrons. The minimum atomic E-state index is -0.159. The lowest BCUT2D eigenvalue weighted by atomic mass is 10.1. The van der Waals surface area contributed by atoms with Gasteiger partial charge in [-0.05, 0) is 6.07 Å². The van der Waals surface area contributed by atoms with Crippen molar-refractivity contribution in [2.24, 2.45) is 7.05 Å². The van der Waals surface area contributed by atoms with Crippen molar-refractivity contribution in [3.63, 3.8) is 0 Å². The Balaban J connectivity index is 1.68. The van der Waals surface area contributed by atoms with Crippen molar-refractivity contribution in [1.29, 1.82) is 0 Å². The Morgan fingerprint density at radius 3 is 2.95 bits per heavy atom. The van der Waals surface area contributed by atoms with Gasteiger partial charge in [-0.1, -0.05) is 0 Å². The first-order valence-corrected chi connectivity index (χ1v) is 7.42. The molecule has 2 aromatic rings. The predicted octanol–water partition coefficient (Wildman–Crippen LogP) is -0.0714. The van der Waals surface area contributed by atoms with Gasteiger partial charge in [0.2, 0.25) is 0 Å². The van der Waals surface area contributed by atoms with Gasteiger partial charge in [0.25, 0.3) is 11.5 Å². The van der Waals surface area contributed by atoms with E-state index < -0.39 is 0 Å². The van der Waals surface area contributed by atoms with E-state index in [0.717, 1.165) is 32.8 Å². The van der Waals surface area contributed by atoms with Crippen molar-refractivity contribution >= 4 is 16.8 Å². The molecule has 0 atom stereocenters. The Bertz CT molecular complexity index is 728. The zero-order valence-electron chi connectivity index (χ0n) is 12.6. The Kier molecular flexibility index (Phi) is 4.26. The summed E-state index contributed by atoms with van der Waals surface area (Å²) in [6, 6.07) is 1.76. The molecule has 1 amide bonds. The van der Waals surface area contributed by atoms with Crippen LogP contribution in [-0.2, 0) is 11.8 Å². The van der Waals surface area contributed by atoms with Gasteiger partial charge in [-0.25, -0.2) is 0 Å². The van der Waals surface area contributed by atoms with Crippen LogP contribution in [0.25, 0.3) is 10.9 Å². The van der Waals surface area contributed by atoms with Crippen molar-refractivity contribution in [2.75, 3.05) is 39.4 Å². The van der Waals surface area contributed by atoms with E-state index in [0.29, 0.717) is 23.0 Å². The summed E-state index contributed by atoms with van der Waals surface area (Å²) in [6.45, 7) is 4.68. The van der Waals surface area contributed by atoms with Crippen molar-refractivity contribution in [2.45, 2.75) is 0 Å². The average Bonchev–Trinajstić information content (AvgIpc) is 3.01. The predicted molar refractivity (Wildman–Crippen MR) is 83.1 cm³/mol. The molecule has 0 spiro atoms. The van der Waals surface area contributed by atoms with E-state index in [4.69, 9.17) is 4.74 Å². The highest BCUT2D eigenvalue weighted by Gasteiger charge is 2.15. The highest BCUT2D eigenvalue weighted by Crippen LogP contribution is 2.13. The van der Waals surface area contributed by atoms with Gasteiger partial charge in [-0.15, -0.1) is 0 Å². The van der Waals surface area contributed by atoms with Crippen LogP contribution < -0.4 is 10.9 Å². The molecule has 0 aromatic carbocycles. The highest BCUT2D eigenvalue weighted by molar-refractivity contribution is 6.05. The van der Waals surface area contributed by atoms with E-state index in [1.807, 2.05) is 0 Å². The van der Waals surface area contributed by atoms with Crippen LogP contribution in [0.15, 0.2) is 23.3 Å². The molecule has 2 aromatic heterocycles. The summed E-state index contributed by atoms with van der Waals surface area (Å²) in [5.74, 6) is -0.159. The molecule has 1 fully saturated rings. The number of carbonyl (C=O) groups is 1. The monoisotopic (exact) mass is 304 g/mol. The number of nitrogens with zero attached hydrogens (tertiary/aromatic N) is 2. The summed E-state index contributed by atoms with van der Waals surface area (Å²) >= 11 is 0. The fourth-order valence-corrected chi connectivity index (χ4v) is 2.70. The minimum Gasteiger partial charge on any atom is -0.379 e. The molecule has 3 rings (SSSR count). The Morgan fingerprint density at radius 2 is 2.18 bits per heavy atom. The molecule has 0 bridgehead atoms. The van der Waals surface area contributed by atoms with Crippen LogP contribution in [0.4, 0.5) is 0 Å². The third-order valence-corrected chi connectivity index (χ3v) is 3.96. The van der Waals surface area contributed by atoms with E-state index in [-0.39, 0.29) is 11.5 Å². The van der Waals surface area contributed by atoms with Gasteiger partial charge in [0.15, 0.2) is 0 Å². The lowest BCUT2D eigenvalue weighted by Crippen LogP contribution is -2.41. The van der Waals surface area contributed by atoms with Gasteiger partial charge in [0, 0.05) is 51.0 Å².